The van der Waals surface area contributed by atoms with Crippen molar-refractivity contribution < 1.29 is 39.6 Å². The fourth-order valence-electron chi connectivity index (χ4n) is 5.21. The van der Waals surface area contributed by atoms with Crippen LogP contribution in [0.3, 0.4) is 0 Å². The average Bonchev–Trinajstić information content (AvgIpc) is 2.68. The highest BCUT2D eigenvalue weighted by atomic mass is 16.3. The van der Waals surface area contributed by atoms with Gasteiger partial charge < -0.3 is 26.2 Å². The molecule has 0 aliphatic heterocycles. The lowest BCUT2D eigenvalue weighted by molar-refractivity contribution is -0.150. The molecule has 0 fully saturated rings. The Labute approximate surface area is 182 Å². The number of likely N-dealkylation sites (N-methyl/N-ethyl adjacent to an activating group) is 1. The zero-order valence-corrected chi connectivity index (χ0v) is 17.5. The third-order valence-corrected chi connectivity index (χ3v) is 6.74. The largest absolute Gasteiger partial charge is 0.508 e. The van der Waals surface area contributed by atoms with Crippen LogP contribution in [0.15, 0.2) is 40.7 Å². The fourth-order valence-corrected chi connectivity index (χ4v) is 5.21. The highest BCUT2D eigenvalue weighted by molar-refractivity contribution is 6.33. The van der Waals surface area contributed by atoms with Crippen LogP contribution < -0.4 is 5.73 Å². The molecule has 6 N–H and O–H groups in total. The maximum atomic E-state index is 13.6. The number of carbonyl (C=O) groups excluding carboxylic acids is 4. The Bertz CT molecular complexity index is 1190. The SMILES string of the molecule is CN(C)[C@@H]1C(=O)C(C(N)=O)=C(O)[C@]2(O)C(=O)C3=C(C[C@@H]12)[C@](C)(O)c1cccc(O)c1C3=O. The molecule has 3 aliphatic carbocycles. The molecule has 0 unspecified atom stereocenters. The molecule has 4 atom stereocenters. The van der Waals surface area contributed by atoms with Crippen LogP contribution in [0.4, 0.5) is 0 Å². The van der Waals surface area contributed by atoms with Gasteiger partial charge in [-0.1, -0.05) is 12.1 Å². The van der Waals surface area contributed by atoms with Crippen LogP contribution >= 0.6 is 0 Å². The summed E-state index contributed by atoms with van der Waals surface area (Å²) in [5.74, 6) is -7.44. The number of aliphatic hydroxyl groups is 3. The highest BCUT2D eigenvalue weighted by Crippen LogP contribution is 2.53. The molecule has 1 aromatic carbocycles. The second-order valence-corrected chi connectivity index (χ2v) is 8.72. The Morgan fingerprint density at radius 3 is 2.34 bits per heavy atom. The first-order chi connectivity index (χ1) is 14.8. The van der Waals surface area contributed by atoms with Crippen LogP contribution in [-0.4, -0.2) is 74.3 Å². The Morgan fingerprint density at radius 2 is 1.78 bits per heavy atom. The lowest BCUT2D eigenvalue weighted by atomic mass is 9.57. The van der Waals surface area contributed by atoms with Crippen molar-refractivity contribution in [1.82, 2.24) is 4.90 Å². The molecule has 0 saturated carbocycles. The van der Waals surface area contributed by atoms with Crippen LogP contribution in [0, 0.1) is 5.92 Å². The van der Waals surface area contributed by atoms with Gasteiger partial charge in [-0.05, 0) is 39.1 Å². The molecule has 168 valence electrons. The van der Waals surface area contributed by atoms with E-state index in [2.05, 4.69) is 0 Å². The first kappa shape index (κ1) is 21.9. The van der Waals surface area contributed by atoms with Crippen LogP contribution in [0.25, 0.3) is 0 Å². The number of amides is 1. The summed E-state index contributed by atoms with van der Waals surface area (Å²) >= 11 is 0. The van der Waals surface area contributed by atoms with Crippen molar-refractivity contribution in [2.45, 2.75) is 30.6 Å². The summed E-state index contributed by atoms with van der Waals surface area (Å²) in [5, 5.41) is 43.8. The number of nitrogens with zero attached hydrogens (tertiary/aromatic N) is 1. The second kappa shape index (κ2) is 6.58. The zero-order chi connectivity index (χ0) is 23.9. The van der Waals surface area contributed by atoms with Crippen molar-refractivity contribution in [3.63, 3.8) is 0 Å². The average molecular weight is 442 g/mol. The molecule has 1 aromatic rings. The number of hydrogen-bond acceptors (Lipinski definition) is 9. The lowest BCUT2D eigenvalue weighted by Crippen LogP contribution is -2.65. The molecule has 0 aromatic heterocycles. The van der Waals surface area contributed by atoms with E-state index in [4.69, 9.17) is 5.73 Å². The van der Waals surface area contributed by atoms with E-state index in [0.717, 1.165) is 0 Å². The maximum Gasteiger partial charge on any atom is 0.255 e. The number of nitrogens with two attached hydrogens (primary N) is 1. The van der Waals surface area contributed by atoms with Crippen molar-refractivity contribution in [3.05, 3.63) is 51.8 Å². The zero-order valence-electron chi connectivity index (χ0n) is 17.5. The molecule has 0 saturated heterocycles. The number of carbonyl (C=O) groups is 4. The van der Waals surface area contributed by atoms with E-state index in [1.54, 1.807) is 0 Å². The third-order valence-electron chi connectivity index (χ3n) is 6.74. The Kier molecular flexibility index (Phi) is 4.50. The summed E-state index contributed by atoms with van der Waals surface area (Å²) in [7, 11) is 2.96. The van der Waals surface area contributed by atoms with E-state index in [9.17, 15) is 39.6 Å². The van der Waals surface area contributed by atoms with Gasteiger partial charge in [0.25, 0.3) is 5.91 Å². The minimum Gasteiger partial charge on any atom is -0.508 e. The number of rotatable bonds is 2. The molecule has 10 heteroatoms. The van der Waals surface area contributed by atoms with Crippen molar-refractivity contribution in [2.24, 2.45) is 11.7 Å². The summed E-state index contributed by atoms with van der Waals surface area (Å²) in [6, 6.07) is 2.82. The molecular weight excluding hydrogens is 420 g/mol. The smallest absolute Gasteiger partial charge is 0.255 e. The molecule has 0 bridgehead atoms. The van der Waals surface area contributed by atoms with Gasteiger partial charge in [0, 0.05) is 11.5 Å². The number of aromatic hydroxyl groups is 1. The number of phenols is 1. The number of primary amides is 1. The molecule has 0 heterocycles. The number of Topliss-reactive ketones (excluding diaryl/α,β-unsaturated/α-hetero) is 3. The Morgan fingerprint density at radius 1 is 1.16 bits per heavy atom. The van der Waals surface area contributed by atoms with E-state index in [1.165, 1.54) is 44.1 Å². The van der Waals surface area contributed by atoms with Gasteiger partial charge in [0.15, 0.2) is 11.4 Å². The summed E-state index contributed by atoms with van der Waals surface area (Å²) in [6.07, 6.45) is -0.323. The summed E-state index contributed by atoms with van der Waals surface area (Å²) in [6.45, 7) is 1.34. The van der Waals surface area contributed by atoms with Gasteiger partial charge in [-0.25, -0.2) is 0 Å². The summed E-state index contributed by atoms with van der Waals surface area (Å²) in [5.41, 5.74) is -1.25. The second-order valence-electron chi connectivity index (χ2n) is 8.72. The topological polar surface area (TPSA) is 178 Å². The van der Waals surface area contributed by atoms with Gasteiger partial charge in [0.1, 0.15) is 22.7 Å². The minimum atomic E-state index is -2.81. The van der Waals surface area contributed by atoms with E-state index in [-0.39, 0.29) is 23.1 Å². The normalized spacial score (nSPS) is 32.1. The van der Waals surface area contributed by atoms with Gasteiger partial charge in [0.2, 0.25) is 11.6 Å². The molecular formula is C22H22N2O8. The van der Waals surface area contributed by atoms with E-state index in [0.29, 0.717) is 0 Å². The van der Waals surface area contributed by atoms with Crippen molar-refractivity contribution >= 4 is 23.3 Å². The van der Waals surface area contributed by atoms with Crippen LogP contribution in [0.2, 0.25) is 0 Å². The quantitative estimate of drug-likeness (QED) is 0.368. The first-order valence-corrected chi connectivity index (χ1v) is 9.82. The molecule has 32 heavy (non-hydrogen) atoms. The van der Waals surface area contributed by atoms with Crippen LogP contribution in [0.1, 0.15) is 29.3 Å². The number of hydrogen-bond donors (Lipinski definition) is 5. The number of phenolic OH excluding ortho intramolecular Hbond substituents is 1. The number of ketones is 3. The molecule has 4 rings (SSSR count). The standard InChI is InChI=1S/C22H22N2O8/c1-21(31)8-5-4-6-11(25)12(8)16(26)13-9(21)7-10-15(24(2)3)17(27)14(20(23)30)19(29)22(10,32)18(13)28/h4-6,10,15,25,29,31-32H,7H2,1-3H3,(H2,23,30)/t10-,15-,21+,22+/m0/s1. The Balaban J connectivity index is 2.04. The van der Waals surface area contributed by atoms with Crippen molar-refractivity contribution in [3.8, 4) is 5.75 Å². The van der Waals surface area contributed by atoms with Crippen molar-refractivity contribution in [1.29, 1.82) is 0 Å². The Hall–Kier alpha value is -3.34. The van der Waals surface area contributed by atoms with E-state index < -0.39 is 69.1 Å². The monoisotopic (exact) mass is 442 g/mol. The number of fused-ring (bicyclic) bond motifs is 2. The number of benzene rings is 1. The van der Waals surface area contributed by atoms with Gasteiger partial charge in [-0.3, -0.25) is 24.1 Å². The third kappa shape index (κ3) is 2.45. The molecule has 0 spiro atoms. The highest BCUT2D eigenvalue weighted by Gasteiger charge is 2.65. The fraction of sp³-hybridized carbons (Fsp3) is 0.364. The molecule has 3 aliphatic rings. The first-order valence-electron chi connectivity index (χ1n) is 9.82. The molecule has 10 nitrogen and oxygen atoms in total. The number of aliphatic hydroxyl groups excluding tert-OH is 1. The van der Waals surface area contributed by atoms with Gasteiger partial charge in [0.05, 0.1) is 17.2 Å². The summed E-state index contributed by atoms with van der Waals surface area (Å²) < 4.78 is 0. The van der Waals surface area contributed by atoms with Crippen LogP contribution in [0.5, 0.6) is 5.75 Å². The van der Waals surface area contributed by atoms with E-state index in [1.807, 2.05) is 0 Å². The van der Waals surface area contributed by atoms with Gasteiger partial charge in [-0.15, -0.1) is 0 Å². The van der Waals surface area contributed by atoms with Crippen LogP contribution in [-0.2, 0) is 20.0 Å². The minimum absolute atomic E-state index is 0.0461. The van der Waals surface area contributed by atoms with Gasteiger partial charge in [-0.2, -0.15) is 0 Å². The predicted octanol–water partition coefficient (Wildman–Crippen LogP) is -0.777. The van der Waals surface area contributed by atoms with Crippen molar-refractivity contribution in [2.75, 3.05) is 14.1 Å². The molecule has 1 amide bonds. The van der Waals surface area contributed by atoms with Gasteiger partial charge >= 0.3 is 0 Å². The molecule has 0 radical (unpaired) electrons. The predicted molar refractivity (Wildman–Crippen MR) is 108 cm³/mol. The van der Waals surface area contributed by atoms with E-state index >= 15 is 0 Å². The maximum absolute atomic E-state index is 13.6. The lowest BCUT2D eigenvalue weighted by Gasteiger charge is -2.50. The summed E-state index contributed by atoms with van der Waals surface area (Å²) in [4.78, 5) is 53.1.